The van der Waals surface area contributed by atoms with Gasteiger partial charge in [0, 0.05) is 15.1 Å². The molecular formula is C15H12BrClFN3. The number of halogens is 3. The summed E-state index contributed by atoms with van der Waals surface area (Å²) in [5.74, 6) is 0.000623. The average Bonchev–Trinajstić information content (AvgIpc) is 2.81. The van der Waals surface area contributed by atoms with Crippen molar-refractivity contribution in [3.63, 3.8) is 0 Å². The Hall–Kier alpha value is -1.59. The van der Waals surface area contributed by atoms with Crippen molar-refractivity contribution in [2.75, 3.05) is 11.4 Å². The summed E-state index contributed by atoms with van der Waals surface area (Å²) in [7, 11) is 0. The van der Waals surface area contributed by atoms with Gasteiger partial charge in [-0.2, -0.15) is 0 Å². The molecule has 2 aromatic carbocycles. The van der Waals surface area contributed by atoms with E-state index in [2.05, 4.69) is 20.9 Å². The van der Waals surface area contributed by atoms with Crippen LogP contribution in [-0.4, -0.2) is 12.5 Å². The molecule has 1 unspecified atom stereocenters. The average molecular weight is 369 g/mol. The summed E-state index contributed by atoms with van der Waals surface area (Å²) >= 11 is 9.67. The maximum atomic E-state index is 14.2. The molecule has 6 heteroatoms. The highest BCUT2D eigenvalue weighted by Gasteiger charge is 2.33. The van der Waals surface area contributed by atoms with Gasteiger partial charge in [-0.3, -0.25) is 4.99 Å². The minimum atomic E-state index is -0.352. The highest BCUT2D eigenvalue weighted by atomic mass is 79.9. The number of hydrogen-bond donors (Lipinski definition) is 1. The Kier molecular flexibility index (Phi) is 3.87. The number of benzene rings is 2. The van der Waals surface area contributed by atoms with E-state index >= 15 is 0 Å². The third-order valence-electron chi connectivity index (χ3n) is 3.43. The molecule has 108 valence electrons. The van der Waals surface area contributed by atoms with Gasteiger partial charge < -0.3 is 10.6 Å². The second kappa shape index (κ2) is 5.66. The maximum Gasteiger partial charge on any atom is 0.196 e. The second-order valence-electron chi connectivity index (χ2n) is 4.67. The van der Waals surface area contributed by atoms with Crippen LogP contribution in [0.3, 0.4) is 0 Å². The van der Waals surface area contributed by atoms with Gasteiger partial charge in [0.25, 0.3) is 0 Å². The Labute approximate surface area is 135 Å². The van der Waals surface area contributed by atoms with Crippen LogP contribution in [0, 0.1) is 5.82 Å². The number of nitrogens with two attached hydrogens (primary N) is 1. The van der Waals surface area contributed by atoms with Crippen molar-refractivity contribution in [1.29, 1.82) is 0 Å². The van der Waals surface area contributed by atoms with Crippen LogP contribution in [0.4, 0.5) is 10.1 Å². The minimum Gasteiger partial charge on any atom is -0.369 e. The van der Waals surface area contributed by atoms with E-state index in [0.717, 1.165) is 10.2 Å². The molecule has 0 aromatic heterocycles. The number of nitrogens with zero attached hydrogens (tertiary/aromatic N) is 2. The topological polar surface area (TPSA) is 41.6 Å². The molecule has 0 fully saturated rings. The quantitative estimate of drug-likeness (QED) is 0.866. The fourth-order valence-electron chi connectivity index (χ4n) is 2.49. The molecule has 2 aromatic rings. The molecule has 3 rings (SSSR count). The normalized spacial score (nSPS) is 18.0. The molecule has 3 nitrogen and oxygen atoms in total. The smallest absolute Gasteiger partial charge is 0.196 e. The van der Waals surface area contributed by atoms with Crippen LogP contribution >= 0.6 is 27.5 Å². The van der Waals surface area contributed by atoms with Crippen molar-refractivity contribution in [2.24, 2.45) is 10.7 Å². The largest absolute Gasteiger partial charge is 0.369 e. The third kappa shape index (κ3) is 2.51. The zero-order valence-corrected chi connectivity index (χ0v) is 13.3. The van der Waals surface area contributed by atoms with E-state index in [-0.39, 0.29) is 11.9 Å². The number of aliphatic imine (C=N–C) groups is 1. The summed E-state index contributed by atoms with van der Waals surface area (Å²) in [6.45, 7) is 0.369. The van der Waals surface area contributed by atoms with Crippen LogP contribution in [0.15, 0.2) is 51.9 Å². The molecule has 1 heterocycles. The molecular weight excluding hydrogens is 357 g/mol. The summed E-state index contributed by atoms with van der Waals surface area (Å²) in [6, 6.07) is 11.9. The van der Waals surface area contributed by atoms with Crippen LogP contribution in [-0.2, 0) is 0 Å². The number of rotatable bonds is 2. The van der Waals surface area contributed by atoms with Crippen LogP contribution in [0.5, 0.6) is 0 Å². The van der Waals surface area contributed by atoms with Crippen molar-refractivity contribution in [1.82, 2.24) is 0 Å². The van der Waals surface area contributed by atoms with Crippen LogP contribution in [0.2, 0.25) is 5.02 Å². The van der Waals surface area contributed by atoms with Gasteiger partial charge in [0.05, 0.1) is 18.3 Å². The first-order valence-corrected chi connectivity index (χ1v) is 7.54. The van der Waals surface area contributed by atoms with Crippen LogP contribution in [0.25, 0.3) is 0 Å². The molecule has 0 saturated heterocycles. The van der Waals surface area contributed by atoms with E-state index in [1.54, 1.807) is 17.0 Å². The zero-order chi connectivity index (χ0) is 15.0. The first-order chi connectivity index (χ1) is 10.1. The van der Waals surface area contributed by atoms with E-state index in [1.807, 2.05) is 24.3 Å². The lowest BCUT2D eigenvalue weighted by Crippen LogP contribution is -2.36. The predicted octanol–water partition coefficient (Wildman–Crippen LogP) is 4.12. The summed E-state index contributed by atoms with van der Waals surface area (Å²) in [5.41, 5.74) is 7.25. The van der Waals surface area contributed by atoms with Crippen molar-refractivity contribution >= 4 is 39.2 Å². The number of guanidine groups is 1. The molecule has 21 heavy (non-hydrogen) atoms. The predicted molar refractivity (Wildman–Crippen MR) is 87.3 cm³/mol. The fraction of sp³-hybridized carbons (Fsp3) is 0.133. The summed E-state index contributed by atoms with van der Waals surface area (Å²) in [6.07, 6.45) is 0. The standard InChI is InChI=1S/C15H12BrClFN3/c16-9-4-1-2-7-12(9)21-13(8-20-15(21)19)14-10(17)5-3-6-11(14)18/h1-7,13H,8H2,(H2,19,20). The summed E-state index contributed by atoms with van der Waals surface area (Å²) in [4.78, 5) is 6.05. The third-order valence-corrected chi connectivity index (χ3v) is 4.43. The monoisotopic (exact) mass is 367 g/mol. The van der Waals surface area contributed by atoms with E-state index in [4.69, 9.17) is 17.3 Å². The summed E-state index contributed by atoms with van der Waals surface area (Å²) < 4.78 is 15.1. The van der Waals surface area contributed by atoms with E-state index in [0.29, 0.717) is 23.1 Å². The molecule has 1 aliphatic rings. The van der Waals surface area contributed by atoms with E-state index < -0.39 is 0 Å². The highest BCUT2D eigenvalue weighted by Crippen LogP contribution is 2.38. The zero-order valence-electron chi connectivity index (χ0n) is 10.9. The van der Waals surface area contributed by atoms with Gasteiger partial charge in [-0.15, -0.1) is 0 Å². The molecule has 1 aliphatic heterocycles. The van der Waals surface area contributed by atoms with Gasteiger partial charge >= 0.3 is 0 Å². The van der Waals surface area contributed by atoms with Crippen molar-refractivity contribution < 1.29 is 4.39 Å². The number of para-hydroxylation sites is 1. The Morgan fingerprint density at radius 2 is 2.00 bits per heavy atom. The fourth-order valence-corrected chi connectivity index (χ4v) is 3.25. The van der Waals surface area contributed by atoms with Gasteiger partial charge in [-0.25, -0.2) is 4.39 Å². The molecule has 2 N–H and O–H groups in total. The lowest BCUT2D eigenvalue weighted by atomic mass is 10.0. The Morgan fingerprint density at radius 3 is 2.71 bits per heavy atom. The Balaban J connectivity index is 2.10. The second-order valence-corrected chi connectivity index (χ2v) is 5.93. The molecule has 0 amide bonds. The summed E-state index contributed by atoms with van der Waals surface area (Å²) in [5, 5.41) is 0.377. The Bertz CT molecular complexity index is 700. The van der Waals surface area contributed by atoms with Gasteiger partial charge in [0.15, 0.2) is 5.96 Å². The van der Waals surface area contributed by atoms with Crippen LogP contribution < -0.4 is 10.6 Å². The van der Waals surface area contributed by atoms with E-state index in [1.165, 1.54) is 6.07 Å². The molecule has 0 radical (unpaired) electrons. The van der Waals surface area contributed by atoms with E-state index in [9.17, 15) is 4.39 Å². The molecule has 0 bridgehead atoms. The first-order valence-electron chi connectivity index (χ1n) is 6.37. The van der Waals surface area contributed by atoms with Gasteiger partial charge in [0.1, 0.15) is 5.82 Å². The highest BCUT2D eigenvalue weighted by molar-refractivity contribution is 9.10. The van der Waals surface area contributed by atoms with Gasteiger partial charge in [-0.1, -0.05) is 29.8 Å². The lowest BCUT2D eigenvalue weighted by molar-refractivity contribution is 0.589. The number of anilines is 1. The molecule has 0 aliphatic carbocycles. The maximum absolute atomic E-state index is 14.2. The molecule has 0 spiro atoms. The minimum absolute atomic E-state index is 0.350. The first kappa shape index (κ1) is 14.4. The lowest BCUT2D eigenvalue weighted by Gasteiger charge is -2.28. The SMILES string of the molecule is NC1=NCC(c2c(F)cccc2Cl)N1c1ccccc1Br. The van der Waals surface area contributed by atoms with Gasteiger partial charge in [0.2, 0.25) is 0 Å². The van der Waals surface area contributed by atoms with Crippen LogP contribution in [0.1, 0.15) is 11.6 Å². The molecule has 1 atom stereocenters. The number of hydrogen-bond acceptors (Lipinski definition) is 3. The molecule has 0 saturated carbocycles. The van der Waals surface area contributed by atoms with Crippen molar-refractivity contribution in [3.05, 3.63) is 63.3 Å². The van der Waals surface area contributed by atoms with Gasteiger partial charge in [-0.05, 0) is 40.2 Å². The van der Waals surface area contributed by atoms with Crippen molar-refractivity contribution in [2.45, 2.75) is 6.04 Å². The van der Waals surface area contributed by atoms with Crippen molar-refractivity contribution in [3.8, 4) is 0 Å². The Morgan fingerprint density at radius 1 is 1.24 bits per heavy atom.